The van der Waals surface area contributed by atoms with Crippen LogP contribution >= 0.6 is 0 Å². The van der Waals surface area contributed by atoms with Crippen molar-refractivity contribution in [3.05, 3.63) is 72.7 Å². The number of sulfone groups is 1. The molecule has 1 unspecified atom stereocenters. The van der Waals surface area contributed by atoms with Crippen LogP contribution in [-0.2, 0) is 14.6 Å². The van der Waals surface area contributed by atoms with Gasteiger partial charge in [-0.1, -0.05) is 25.1 Å². The van der Waals surface area contributed by atoms with Crippen molar-refractivity contribution in [2.24, 2.45) is 0 Å². The van der Waals surface area contributed by atoms with Crippen LogP contribution in [0.3, 0.4) is 0 Å². The summed E-state index contributed by atoms with van der Waals surface area (Å²) in [4.78, 5) is 18.9. The molecule has 4 rings (SSSR count). The van der Waals surface area contributed by atoms with Crippen LogP contribution in [0, 0.1) is 0 Å². The summed E-state index contributed by atoms with van der Waals surface area (Å²) in [5.41, 5.74) is 3.26. The van der Waals surface area contributed by atoms with Crippen LogP contribution in [0.2, 0.25) is 0 Å². The van der Waals surface area contributed by atoms with Crippen molar-refractivity contribution in [2.75, 3.05) is 18.1 Å². The van der Waals surface area contributed by atoms with E-state index in [2.05, 4.69) is 4.98 Å². The molecule has 0 spiro atoms. The van der Waals surface area contributed by atoms with Crippen LogP contribution in [-0.4, -0.2) is 58.1 Å². The Kier molecular flexibility index (Phi) is 6.50. The van der Waals surface area contributed by atoms with E-state index in [0.29, 0.717) is 13.0 Å². The van der Waals surface area contributed by atoms with E-state index in [4.69, 9.17) is 5.10 Å². The standard InChI is InChI=1S/C24H26N4O3S/c1-2-14-27(22-12-15-32(30,31)18-22)23(29)11-10-20-17-28(21-8-4-3-5-9-21)26-24(20)19-7-6-13-25-16-19/h3-11,13,16-17,22H,2,12,14-15,18H2,1H3/b11-10+. The van der Waals surface area contributed by atoms with Gasteiger partial charge in [0.1, 0.15) is 5.69 Å². The Labute approximate surface area is 188 Å². The van der Waals surface area contributed by atoms with E-state index in [1.807, 2.05) is 55.6 Å². The highest BCUT2D eigenvalue weighted by atomic mass is 32.2. The fourth-order valence-corrected chi connectivity index (χ4v) is 5.67. The van der Waals surface area contributed by atoms with Crippen molar-refractivity contribution >= 4 is 21.8 Å². The molecule has 32 heavy (non-hydrogen) atoms. The van der Waals surface area contributed by atoms with Gasteiger partial charge in [0, 0.05) is 48.4 Å². The lowest BCUT2D eigenvalue weighted by molar-refractivity contribution is -0.127. The number of nitrogens with zero attached hydrogens (tertiary/aromatic N) is 4. The molecule has 1 atom stereocenters. The quantitative estimate of drug-likeness (QED) is 0.515. The Hall–Kier alpha value is -3.26. The second-order valence-electron chi connectivity index (χ2n) is 7.88. The summed E-state index contributed by atoms with van der Waals surface area (Å²) < 4.78 is 25.6. The minimum Gasteiger partial charge on any atom is -0.335 e. The van der Waals surface area contributed by atoms with E-state index in [9.17, 15) is 13.2 Å². The van der Waals surface area contributed by atoms with Crippen LogP contribution in [0.4, 0.5) is 0 Å². The summed E-state index contributed by atoms with van der Waals surface area (Å²) in [5, 5.41) is 4.73. The zero-order valence-electron chi connectivity index (χ0n) is 18.0. The third-order valence-corrected chi connectivity index (χ3v) is 7.25. The number of hydrogen-bond acceptors (Lipinski definition) is 5. The molecular formula is C24H26N4O3S. The molecule has 3 aromatic rings. The molecule has 2 aromatic heterocycles. The molecule has 166 valence electrons. The number of carbonyl (C=O) groups excluding carboxylic acids is 1. The number of pyridine rings is 1. The molecule has 0 radical (unpaired) electrons. The average Bonchev–Trinajstić information content (AvgIpc) is 3.40. The number of carbonyl (C=O) groups is 1. The van der Waals surface area contributed by atoms with E-state index in [-0.39, 0.29) is 23.5 Å². The normalized spacial score (nSPS) is 17.6. The Morgan fingerprint density at radius 3 is 2.69 bits per heavy atom. The molecule has 0 N–H and O–H groups in total. The summed E-state index contributed by atoms with van der Waals surface area (Å²) in [6.07, 6.45) is 9.86. The van der Waals surface area contributed by atoms with Gasteiger partial charge in [-0.05, 0) is 43.2 Å². The fraction of sp³-hybridized carbons (Fsp3) is 0.292. The zero-order valence-corrected chi connectivity index (χ0v) is 18.8. The maximum absolute atomic E-state index is 13.0. The van der Waals surface area contributed by atoms with Crippen LogP contribution in [0.1, 0.15) is 25.3 Å². The number of hydrogen-bond donors (Lipinski definition) is 0. The topological polar surface area (TPSA) is 85.2 Å². The summed E-state index contributed by atoms with van der Waals surface area (Å²) in [7, 11) is -3.07. The van der Waals surface area contributed by atoms with E-state index in [1.54, 1.807) is 28.1 Å². The molecule has 8 heteroatoms. The first-order valence-corrected chi connectivity index (χ1v) is 12.5. The first-order chi connectivity index (χ1) is 15.5. The van der Waals surface area contributed by atoms with Gasteiger partial charge in [0.25, 0.3) is 0 Å². The Balaban J connectivity index is 1.64. The second-order valence-corrected chi connectivity index (χ2v) is 10.1. The molecule has 1 amide bonds. The molecule has 7 nitrogen and oxygen atoms in total. The monoisotopic (exact) mass is 450 g/mol. The number of amides is 1. The van der Waals surface area contributed by atoms with Crippen LogP contribution in [0.25, 0.3) is 23.0 Å². The smallest absolute Gasteiger partial charge is 0.246 e. The molecule has 3 heterocycles. The molecule has 1 fully saturated rings. The first kappa shape index (κ1) is 22.0. The maximum atomic E-state index is 13.0. The largest absolute Gasteiger partial charge is 0.335 e. The number of benzene rings is 1. The lowest BCUT2D eigenvalue weighted by Gasteiger charge is -2.26. The van der Waals surface area contributed by atoms with E-state index in [1.165, 1.54) is 6.08 Å². The SMILES string of the molecule is CCCN(C(=O)/C=C/c1cn(-c2ccccc2)nc1-c1cccnc1)C1CCS(=O)(=O)C1. The lowest BCUT2D eigenvalue weighted by Crippen LogP contribution is -2.40. The van der Waals surface area contributed by atoms with Crippen molar-refractivity contribution in [1.29, 1.82) is 0 Å². The van der Waals surface area contributed by atoms with Gasteiger partial charge in [-0.3, -0.25) is 9.78 Å². The van der Waals surface area contributed by atoms with Gasteiger partial charge in [-0.15, -0.1) is 0 Å². The predicted molar refractivity (Wildman–Crippen MR) is 125 cm³/mol. The second kappa shape index (κ2) is 9.48. The molecule has 0 saturated carbocycles. The summed E-state index contributed by atoms with van der Waals surface area (Å²) >= 11 is 0. The average molecular weight is 451 g/mol. The third-order valence-electron chi connectivity index (χ3n) is 5.50. The molecule has 1 aliphatic rings. The van der Waals surface area contributed by atoms with Crippen LogP contribution < -0.4 is 0 Å². The van der Waals surface area contributed by atoms with Crippen molar-refractivity contribution in [2.45, 2.75) is 25.8 Å². The maximum Gasteiger partial charge on any atom is 0.246 e. The number of rotatable bonds is 7. The molecule has 1 saturated heterocycles. The molecular weight excluding hydrogens is 424 g/mol. The van der Waals surface area contributed by atoms with E-state index < -0.39 is 9.84 Å². The Morgan fingerprint density at radius 1 is 1.22 bits per heavy atom. The molecule has 1 aromatic carbocycles. The highest BCUT2D eigenvalue weighted by Crippen LogP contribution is 2.25. The third kappa shape index (κ3) is 4.96. The van der Waals surface area contributed by atoms with E-state index in [0.717, 1.165) is 28.9 Å². The zero-order chi connectivity index (χ0) is 22.6. The van der Waals surface area contributed by atoms with Crippen molar-refractivity contribution in [1.82, 2.24) is 19.7 Å². The highest BCUT2D eigenvalue weighted by Gasteiger charge is 2.33. The molecule has 0 bridgehead atoms. The number of para-hydroxylation sites is 1. The molecule has 1 aliphatic heterocycles. The Morgan fingerprint density at radius 2 is 2.03 bits per heavy atom. The summed E-state index contributed by atoms with van der Waals surface area (Å²) in [6.45, 7) is 2.51. The van der Waals surface area contributed by atoms with Crippen LogP contribution in [0.5, 0.6) is 0 Å². The minimum absolute atomic E-state index is 0.0411. The summed E-state index contributed by atoms with van der Waals surface area (Å²) in [5.74, 6) is 0.00196. The number of aromatic nitrogens is 3. The van der Waals surface area contributed by atoms with E-state index >= 15 is 0 Å². The van der Waals surface area contributed by atoms with Gasteiger partial charge in [0.05, 0.1) is 17.2 Å². The van der Waals surface area contributed by atoms with Gasteiger partial charge < -0.3 is 4.90 Å². The van der Waals surface area contributed by atoms with Gasteiger partial charge in [-0.25, -0.2) is 13.1 Å². The Bertz CT molecular complexity index is 1200. The minimum atomic E-state index is -3.07. The lowest BCUT2D eigenvalue weighted by atomic mass is 10.1. The molecule has 0 aliphatic carbocycles. The van der Waals surface area contributed by atoms with Crippen LogP contribution in [0.15, 0.2) is 67.1 Å². The fourth-order valence-electron chi connectivity index (χ4n) is 3.94. The van der Waals surface area contributed by atoms with Gasteiger partial charge in [-0.2, -0.15) is 5.10 Å². The van der Waals surface area contributed by atoms with Gasteiger partial charge in [0.15, 0.2) is 9.84 Å². The van der Waals surface area contributed by atoms with Crippen molar-refractivity contribution in [3.8, 4) is 16.9 Å². The predicted octanol–water partition coefficient (Wildman–Crippen LogP) is 3.37. The first-order valence-electron chi connectivity index (χ1n) is 10.7. The van der Waals surface area contributed by atoms with Gasteiger partial charge >= 0.3 is 0 Å². The highest BCUT2D eigenvalue weighted by molar-refractivity contribution is 7.91. The summed E-state index contributed by atoms with van der Waals surface area (Å²) in [6, 6.07) is 13.3. The van der Waals surface area contributed by atoms with Gasteiger partial charge in [0.2, 0.25) is 5.91 Å². The van der Waals surface area contributed by atoms with Crippen molar-refractivity contribution in [3.63, 3.8) is 0 Å². The van der Waals surface area contributed by atoms with Crippen molar-refractivity contribution < 1.29 is 13.2 Å².